The van der Waals surface area contributed by atoms with Crippen molar-refractivity contribution < 1.29 is 14.2 Å². The first-order valence-electron chi connectivity index (χ1n) is 7.17. The first-order valence-corrected chi connectivity index (χ1v) is 8.30. The van der Waals surface area contributed by atoms with Crippen molar-refractivity contribution in [2.75, 3.05) is 5.73 Å². The zero-order valence-electron chi connectivity index (χ0n) is 12.6. The third-order valence-electron chi connectivity index (χ3n) is 3.83. The lowest BCUT2D eigenvalue weighted by Gasteiger charge is -2.02. The average Bonchev–Trinajstić information content (AvgIpc) is 3.09. The molecule has 24 heavy (non-hydrogen) atoms. The fourth-order valence-corrected chi connectivity index (χ4v) is 2.91. The number of halogens is 3. The van der Waals surface area contributed by atoms with Gasteiger partial charge in [0.1, 0.15) is 21.6 Å². The lowest BCUT2D eigenvalue weighted by atomic mass is 10.3. The molecule has 9 heteroatoms. The van der Waals surface area contributed by atoms with Crippen molar-refractivity contribution in [2.45, 2.75) is 19.3 Å². The molecule has 1 aliphatic rings. The highest BCUT2D eigenvalue weighted by Crippen LogP contribution is 2.47. The molecule has 0 unspecified atom stereocenters. The molecule has 4 N–H and O–H groups in total. The van der Waals surface area contributed by atoms with Gasteiger partial charge in [-0.25, -0.2) is 5.43 Å². The number of pyridine rings is 1. The summed E-state index contributed by atoms with van der Waals surface area (Å²) in [6, 6.07) is 3.72. The number of nitrogens with zero attached hydrogens (tertiary/aromatic N) is 1. The Balaban J connectivity index is 1.68. The summed E-state index contributed by atoms with van der Waals surface area (Å²) >= 11 is 17.7. The topological polar surface area (TPSA) is 94.8 Å². The first kappa shape index (κ1) is 17.1. The van der Waals surface area contributed by atoms with Gasteiger partial charge in [0.15, 0.2) is 0 Å². The number of amides is 1. The standard InChI is InChI=1S/C15H13Cl3N4O2/c1-6-4-8(6)9-3-2-7(24-9)5-20-22-15(23)13-10(16)12(19)11(17)14(18)21-13/h2-3,5-6,8H,4H2,1H3,(H2,19,21)(H,22,23)/p+1/b20-5-/t6-,8+/m0/s1. The summed E-state index contributed by atoms with van der Waals surface area (Å²) in [5.74, 6) is 2.01. The maximum Gasteiger partial charge on any atom is 0.337 e. The molecule has 1 saturated carbocycles. The highest BCUT2D eigenvalue weighted by atomic mass is 35.5. The maximum absolute atomic E-state index is 12.1. The van der Waals surface area contributed by atoms with Crippen molar-refractivity contribution in [1.82, 2.24) is 5.43 Å². The number of hydrogen-bond acceptors (Lipinski definition) is 4. The molecule has 2 aromatic heterocycles. The second kappa shape index (κ2) is 6.63. The molecule has 2 aromatic rings. The molecule has 0 aromatic carbocycles. The molecule has 0 spiro atoms. The zero-order valence-corrected chi connectivity index (χ0v) is 14.8. The van der Waals surface area contributed by atoms with E-state index in [-0.39, 0.29) is 26.6 Å². The Morgan fingerprint density at radius 2 is 2.12 bits per heavy atom. The van der Waals surface area contributed by atoms with Gasteiger partial charge in [0.05, 0.1) is 11.9 Å². The monoisotopic (exact) mass is 387 g/mol. The maximum atomic E-state index is 12.1. The average molecular weight is 389 g/mol. The molecule has 0 bridgehead atoms. The number of aromatic nitrogens is 1. The molecule has 1 amide bonds. The third-order valence-corrected chi connectivity index (χ3v) is 4.99. The minimum absolute atomic E-state index is 0.0157. The fraction of sp³-hybridized carbons (Fsp3) is 0.267. The van der Waals surface area contributed by atoms with Gasteiger partial charge in [-0.05, 0) is 36.1 Å². The summed E-state index contributed by atoms with van der Waals surface area (Å²) in [7, 11) is 0. The molecule has 2 heterocycles. The van der Waals surface area contributed by atoms with Gasteiger partial charge in [-0.2, -0.15) is 10.1 Å². The number of hydrogen-bond donors (Lipinski definition) is 2. The smallest absolute Gasteiger partial charge is 0.337 e. The number of hydrazone groups is 1. The molecule has 126 valence electrons. The van der Waals surface area contributed by atoms with E-state index in [0.717, 1.165) is 12.2 Å². The van der Waals surface area contributed by atoms with E-state index in [0.29, 0.717) is 17.6 Å². The lowest BCUT2D eigenvalue weighted by Crippen LogP contribution is -2.28. The zero-order chi connectivity index (χ0) is 17.4. The number of H-pyrrole nitrogens is 1. The van der Waals surface area contributed by atoms with Crippen LogP contribution < -0.4 is 16.1 Å². The Morgan fingerprint density at radius 1 is 1.42 bits per heavy atom. The quantitative estimate of drug-likeness (QED) is 0.476. The van der Waals surface area contributed by atoms with Crippen LogP contribution in [0.3, 0.4) is 0 Å². The molecule has 1 fully saturated rings. The molecule has 2 atom stereocenters. The summed E-state index contributed by atoms with van der Waals surface area (Å²) in [6.07, 6.45) is 2.54. The number of nitrogens with two attached hydrogens (primary N) is 1. The van der Waals surface area contributed by atoms with E-state index >= 15 is 0 Å². The highest BCUT2D eigenvalue weighted by Gasteiger charge is 2.36. The molecular formula is C15H14Cl3N4O2+. The van der Waals surface area contributed by atoms with Crippen LogP contribution in [0.25, 0.3) is 0 Å². The minimum atomic E-state index is -0.607. The third kappa shape index (κ3) is 3.36. The van der Waals surface area contributed by atoms with Crippen LogP contribution >= 0.6 is 34.8 Å². The van der Waals surface area contributed by atoms with Gasteiger partial charge >= 0.3 is 5.91 Å². The van der Waals surface area contributed by atoms with Gasteiger partial charge in [-0.1, -0.05) is 30.1 Å². The Hall–Kier alpha value is -1.76. The van der Waals surface area contributed by atoms with Crippen LogP contribution in [0.5, 0.6) is 0 Å². The number of carbonyl (C=O) groups excluding carboxylic acids is 1. The molecular weight excluding hydrogens is 375 g/mol. The van der Waals surface area contributed by atoms with E-state index in [9.17, 15) is 4.79 Å². The number of nitrogens with one attached hydrogen (secondary N) is 2. The minimum Gasteiger partial charge on any atom is -0.460 e. The van der Waals surface area contributed by atoms with E-state index < -0.39 is 5.91 Å². The summed E-state index contributed by atoms with van der Waals surface area (Å²) < 4.78 is 5.65. The van der Waals surface area contributed by atoms with Gasteiger partial charge in [0.2, 0.25) is 0 Å². The predicted molar refractivity (Wildman–Crippen MR) is 92.7 cm³/mol. The van der Waals surface area contributed by atoms with Crippen molar-refractivity contribution in [3.05, 3.63) is 44.5 Å². The molecule has 6 nitrogen and oxygen atoms in total. The summed E-state index contributed by atoms with van der Waals surface area (Å²) in [5.41, 5.74) is 7.99. The van der Waals surface area contributed by atoms with Crippen LogP contribution in [0.2, 0.25) is 15.2 Å². The number of anilines is 1. The summed E-state index contributed by atoms with van der Waals surface area (Å²) in [5, 5.41) is 3.88. The van der Waals surface area contributed by atoms with Crippen LogP contribution in [0.15, 0.2) is 21.7 Å². The lowest BCUT2D eigenvalue weighted by molar-refractivity contribution is -0.379. The summed E-state index contributed by atoms with van der Waals surface area (Å²) in [6.45, 7) is 2.17. The van der Waals surface area contributed by atoms with Crippen molar-refractivity contribution in [1.29, 1.82) is 0 Å². The number of rotatable bonds is 4. The first-order chi connectivity index (χ1) is 11.4. The Morgan fingerprint density at radius 3 is 2.79 bits per heavy atom. The number of furan rings is 1. The normalized spacial score (nSPS) is 19.7. The second-order valence-electron chi connectivity index (χ2n) is 5.61. The van der Waals surface area contributed by atoms with E-state index in [4.69, 9.17) is 45.0 Å². The number of carbonyl (C=O) groups is 1. The van der Waals surface area contributed by atoms with E-state index in [1.165, 1.54) is 6.21 Å². The Bertz CT molecular complexity index is 834. The van der Waals surface area contributed by atoms with Crippen LogP contribution in [0.1, 0.15) is 41.3 Å². The van der Waals surface area contributed by atoms with Crippen molar-refractivity contribution in [3.8, 4) is 0 Å². The second-order valence-corrected chi connectivity index (χ2v) is 6.75. The van der Waals surface area contributed by atoms with E-state index in [1.54, 1.807) is 6.07 Å². The molecule has 0 saturated heterocycles. The Labute approximate surface area is 153 Å². The van der Waals surface area contributed by atoms with E-state index in [1.807, 2.05) is 6.07 Å². The highest BCUT2D eigenvalue weighted by molar-refractivity contribution is 6.45. The molecule has 1 aliphatic carbocycles. The van der Waals surface area contributed by atoms with E-state index in [2.05, 4.69) is 22.4 Å². The van der Waals surface area contributed by atoms with Crippen LogP contribution in [-0.4, -0.2) is 12.1 Å². The van der Waals surface area contributed by atoms with Crippen molar-refractivity contribution >= 4 is 52.6 Å². The number of nitrogen functional groups attached to an aromatic ring is 1. The van der Waals surface area contributed by atoms with Crippen LogP contribution in [-0.2, 0) is 0 Å². The van der Waals surface area contributed by atoms with Gasteiger partial charge in [-0.3, -0.25) is 4.79 Å². The fourth-order valence-electron chi connectivity index (χ4n) is 2.29. The largest absolute Gasteiger partial charge is 0.460 e. The molecule has 0 radical (unpaired) electrons. The van der Waals surface area contributed by atoms with Crippen LogP contribution in [0.4, 0.5) is 5.69 Å². The predicted octanol–water partition coefficient (Wildman–Crippen LogP) is 3.52. The van der Waals surface area contributed by atoms with Gasteiger partial charge < -0.3 is 10.2 Å². The SMILES string of the molecule is C[C@H]1C[C@H]1c1ccc(/C=N\NC(=O)c2[nH+]c(Cl)c(Cl)c(N)c2Cl)o1. The van der Waals surface area contributed by atoms with Gasteiger partial charge in [-0.15, -0.1) is 0 Å². The van der Waals surface area contributed by atoms with Crippen molar-refractivity contribution in [3.63, 3.8) is 0 Å². The molecule has 3 rings (SSSR count). The van der Waals surface area contributed by atoms with Crippen LogP contribution in [0, 0.1) is 5.92 Å². The molecule has 0 aliphatic heterocycles. The number of aromatic amines is 1. The van der Waals surface area contributed by atoms with Crippen molar-refractivity contribution in [2.24, 2.45) is 11.0 Å². The summed E-state index contributed by atoms with van der Waals surface area (Å²) in [4.78, 5) is 14.7. The van der Waals surface area contributed by atoms with Gasteiger partial charge in [0, 0.05) is 5.92 Å². The Kier molecular flexibility index (Phi) is 4.71. The van der Waals surface area contributed by atoms with Gasteiger partial charge in [0.25, 0.3) is 10.8 Å².